The van der Waals surface area contributed by atoms with Crippen molar-refractivity contribution in [3.8, 4) is 33.8 Å². The highest BCUT2D eigenvalue weighted by molar-refractivity contribution is 6.02. The molecule has 3 atom stereocenters. The van der Waals surface area contributed by atoms with Crippen LogP contribution in [-0.2, 0) is 52.8 Å². The number of aromatic amines is 3. The number of carboxylic acid groups (broad SMARTS) is 9. The molecule has 10 aromatic rings. The summed E-state index contributed by atoms with van der Waals surface area (Å²) in [5.74, 6) is -17.9. The van der Waals surface area contributed by atoms with Crippen molar-refractivity contribution in [3.05, 3.63) is 216 Å². The number of aliphatic carboxylic acids is 3. The van der Waals surface area contributed by atoms with E-state index in [9.17, 15) is 129 Å². The zero-order valence-corrected chi connectivity index (χ0v) is 59.6. The summed E-state index contributed by atoms with van der Waals surface area (Å²) in [5.41, 5.74) is -4.20. The van der Waals surface area contributed by atoms with Gasteiger partial charge in [0.05, 0.1) is 49.3 Å². The van der Waals surface area contributed by atoms with Crippen molar-refractivity contribution in [2.24, 2.45) is 0 Å². The molecule has 7 aromatic carbocycles. The summed E-state index contributed by atoms with van der Waals surface area (Å²) in [7, 11) is 0. The number of nitrogens with zero attached hydrogens (tertiary/aromatic N) is 2. The monoisotopic (exact) mass is 1560 g/mol. The molecule has 36 nitrogen and oxygen atoms in total. The van der Waals surface area contributed by atoms with Crippen LogP contribution >= 0.6 is 0 Å². The normalized spacial score (nSPS) is 12.5. The van der Waals surface area contributed by atoms with Crippen LogP contribution in [0.25, 0.3) is 66.5 Å². The van der Waals surface area contributed by atoms with Gasteiger partial charge in [0, 0.05) is 113 Å². The van der Waals surface area contributed by atoms with Gasteiger partial charge in [-0.1, -0.05) is 54.6 Å². The number of para-hydroxylation sites is 3. The van der Waals surface area contributed by atoms with Crippen LogP contribution in [0.15, 0.2) is 146 Å². The van der Waals surface area contributed by atoms with E-state index in [2.05, 4.69) is 41.5 Å². The van der Waals surface area contributed by atoms with Crippen LogP contribution in [0.4, 0.5) is 17.1 Å². The Labute approximate surface area is 641 Å². The molecule has 0 aliphatic rings. The van der Waals surface area contributed by atoms with Crippen LogP contribution in [0.2, 0.25) is 0 Å². The van der Waals surface area contributed by atoms with Crippen LogP contribution in [0.3, 0.4) is 0 Å². The third-order valence-electron chi connectivity index (χ3n) is 19.1. The fourth-order valence-corrected chi connectivity index (χ4v) is 13.6. The summed E-state index contributed by atoms with van der Waals surface area (Å²) in [5, 5.41) is 130. The van der Waals surface area contributed by atoms with E-state index in [-0.39, 0.29) is 75.5 Å². The number of amides is 4. The standard InChI is InChI=1S/C78H70N10O26/c89-62(80-58(75(105)106)35-51-48-9-1-4-12-54(48)83-66(51)38-25-41(69(93)94)31-42(26-38)70(95)96)18-21-78(86-65(92)15-7-8-24-79-57-17-16-47(87(111)112)34-61(57)88(113)114,22-19-63(90)81-59(76(107)108)36-52-49-10-2-5-13-55(49)84-67(52)39-27-43(71(97)98)32-44(28-39)72(99)100)23-20-64(91)82-60(77(109)110)37-53-50-11-3-6-14-56(50)85-68(53)40-29-45(73(101)102)33-46(30-40)74(103)104/h1-6,9-14,16-17,25-34,58-60,79,83-85H,7-8,15,18-24,35-37H2,(H,80,89)(H,81,90)(H,82,91)(H,86,92)(H,93,94)(H,95,96)(H,97,98)(H,99,100)(H,101,102)(H,103,104)(H,105,106)(H,107,108)(H,109,110). The predicted octanol–water partition coefficient (Wildman–Crippen LogP) is 9.35. The summed E-state index contributed by atoms with van der Waals surface area (Å²) in [6.45, 7) is -0.0772. The quantitative estimate of drug-likeness (QED) is 0.00968. The zero-order chi connectivity index (χ0) is 82.6. The fourth-order valence-electron chi connectivity index (χ4n) is 13.6. The number of aromatic nitrogens is 3. The fraction of sp³-hybridized carbons (Fsp3) is 0.218. The first kappa shape index (κ1) is 81.4. The number of rotatable bonds is 39. The number of fused-ring (bicyclic) bond motifs is 3. The first-order chi connectivity index (χ1) is 54.2. The molecule has 10 rings (SSSR count). The van der Waals surface area contributed by atoms with E-state index < -0.39 is 220 Å². The largest absolute Gasteiger partial charge is 0.480 e. The molecule has 0 spiro atoms. The smallest absolute Gasteiger partial charge is 0.335 e. The van der Waals surface area contributed by atoms with Gasteiger partial charge in [0.15, 0.2) is 0 Å². The number of benzene rings is 7. The van der Waals surface area contributed by atoms with Crippen LogP contribution in [0.1, 0.15) is 137 Å². The Morgan fingerprint density at radius 2 is 0.693 bits per heavy atom. The molecule has 0 aliphatic carbocycles. The highest BCUT2D eigenvalue weighted by atomic mass is 16.6. The van der Waals surface area contributed by atoms with Gasteiger partial charge in [-0.05, 0) is 144 Å². The molecule has 3 aromatic heterocycles. The summed E-state index contributed by atoms with van der Waals surface area (Å²) in [6.07, 6.45) is -6.33. The number of hydrogen-bond acceptors (Lipinski definition) is 18. The summed E-state index contributed by atoms with van der Waals surface area (Å²) in [6, 6.07) is 26.1. The van der Waals surface area contributed by atoms with E-state index in [1.54, 1.807) is 72.8 Å². The van der Waals surface area contributed by atoms with Gasteiger partial charge >= 0.3 is 53.7 Å². The van der Waals surface area contributed by atoms with E-state index in [1.807, 2.05) is 0 Å². The molecular formula is C78H70N10O26. The Bertz CT molecular complexity index is 5050. The van der Waals surface area contributed by atoms with Crippen molar-refractivity contribution < 1.29 is 118 Å². The Kier molecular flexibility index (Phi) is 25.0. The maximum absolute atomic E-state index is 14.7. The number of carbonyl (C=O) groups excluding carboxylic acids is 4. The number of hydrogen-bond donors (Lipinski definition) is 17. The van der Waals surface area contributed by atoms with Gasteiger partial charge in [-0.15, -0.1) is 0 Å². The van der Waals surface area contributed by atoms with E-state index in [0.29, 0.717) is 32.7 Å². The predicted molar refractivity (Wildman–Crippen MR) is 403 cm³/mol. The average molecular weight is 1560 g/mol. The third-order valence-corrected chi connectivity index (χ3v) is 19.1. The van der Waals surface area contributed by atoms with Crippen LogP contribution in [-0.4, -0.2) is 178 Å². The second kappa shape index (κ2) is 35.1. The summed E-state index contributed by atoms with van der Waals surface area (Å²) in [4.78, 5) is 204. The summed E-state index contributed by atoms with van der Waals surface area (Å²) < 4.78 is 0. The highest BCUT2D eigenvalue weighted by Crippen LogP contribution is 2.38. The van der Waals surface area contributed by atoms with E-state index in [1.165, 1.54) is 0 Å². The summed E-state index contributed by atoms with van der Waals surface area (Å²) >= 11 is 0. The SMILES string of the molecule is O=C(CCC(CCC(=O)NC(Cc1c(-c2cc(C(=O)O)cc(C(=O)O)c2)[nH]c2ccccc12)C(=O)O)(CCC(=O)NC(Cc1c(-c2cc(C(=O)O)cc(C(=O)O)c2)[nH]c2ccccc12)C(=O)O)NC(=O)CCCCNc1ccc([N+](=O)[O-])cc1[N+](=O)[O-])NC(Cc1c(-c2cc(C(=O)O)cc(C(=O)O)c2)[nH]c2ccccc12)C(=O)O. The van der Waals surface area contributed by atoms with E-state index >= 15 is 0 Å². The number of nitro groups is 2. The first-order valence-corrected chi connectivity index (χ1v) is 34.9. The zero-order valence-electron chi connectivity index (χ0n) is 59.6. The van der Waals surface area contributed by atoms with Crippen LogP contribution < -0.4 is 26.6 Å². The minimum atomic E-state index is -2.03. The number of carbonyl (C=O) groups is 13. The number of nitrogens with one attached hydrogen (secondary N) is 8. The van der Waals surface area contributed by atoms with Gasteiger partial charge in [-0.3, -0.25) is 39.4 Å². The van der Waals surface area contributed by atoms with Crippen molar-refractivity contribution in [1.29, 1.82) is 0 Å². The van der Waals surface area contributed by atoms with E-state index in [0.717, 1.165) is 72.8 Å². The van der Waals surface area contributed by atoms with Crippen molar-refractivity contribution >= 4 is 127 Å². The second-order valence-electron chi connectivity index (χ2n) is 26.7. The number of carboxylic acids is 9. The Balaban J connectivity index is 0.997. The van der Waals surface area contributed by atoms with Crippen LogP contribution in [0, 0.1) is 20.2 Å². The van der Waals surface area contributed by atoms with Gasteiger partial charge in [0.1, 0.15) is 23.8 Å². The lowest BCUT2D eigenvalue weighted by atomic mass is 9.82. The molecule has 588 valence electrons. The second-order valence-corrected chi connectivity index (χ2v) is 26.7. The third kappa shape index (κ3) is 19.5. The minimum Gasteiger partial charge on any atom is -0.480 e. The van der Waals surface area contributed by atoms with Gasteiger partial charge < -0.3 is 87.5 Å². The maximum Gasteiger partial charge on any atom is 0.335 e. The molecule has 0 aliphatic heterocycles. The van der Waals surface area contributed by atoms with Crippen LogP contribution in [0.5, 0.6) is 0 Å². The number of non-ortho nitro benzene ring substituents is 1. The van der Waals surface area contributed by atoms with Crippen molar-refractivity contribution in [3.63, 3.8) is 0 Å². The topological polar surface area (TPSA) is 598 Å². The van der Waals surface area contributed by atoms with Gasteiger partial charge in [-0.2, -0.15) is 0 Å². The molecule has 114 heavy (non-hydrogen) atoms. The number of H-pyrrole nitrogens is 3. The lowest BCUT2D eigenvalue weighted by Crippen LogP contribution is -2.52. The molecule has 0 bridgehead atoms. The molecule has 0 fully saturated rings. The first-order valence-electron chi connectivity index (χ1n) is 34.9. The Hall–Kier alpha value is -15.1. The average Bonchev–Trinajstić information content (AvgIpc) is 1.62. The molecule has 0 saturated carbocycles. The minimum absolute atomic E-state index is 0.000709. The molecule has 3 unspecified atom stereocenters. The molecular weight excluding hydrogens is 1490 g/mol. The molecule has 0 saturated heterocycles. The lowest BCUT2D eigenvalue weighted by molar-refractivity contribution is -0.393. The number of anilines is 1. The molecule has 0 radical (unpaired) electrons. The van der Waals surface area contributed by atoms with Crippen molar-refractivity contribution in [2.75, 3.05) is 11.9 Å². The number of aromatic carboxylic acids is 6. The molecule has 36 heteroatoms. The molecule has 3 heterocycles. The number of nitro benzene ring substituents is 2. The van der Waals surface area contributed by atoms with Gasteiger partial charge in [0.2, 0.25) is 23.6 Å². The Morgan fingerprint density at radius 3 is 0.982 bits per heavy atom. The lowest BCUT2D eigenvalue weighted by Gasteiger charge is -2.35. The van der Waals surface area contributed by atoms with Gasteiger partial charge in [-0.25, -0.2) is 43.2 Å². The molecule has 17 N–H and O–H groups in total. The molecule has 4 amide bonds. The van der Waals surface area contributed by atoms with E-state index in [4.69, 9.17) is 0 Å². The highest BCUT2D eigenvalue weighted by Gasteiger charge is 2.37. The number of unbranched alkanes of at least 4 members (excludes halogenated alkanes) is 1. The maximum atomic E-state index is 14.7. The van der Waals surface area contributed by atoms with Crippen molar-refractivity contribution in [1.82, 2.24) is 36.2 Å². The Morgan fingerprint density at radius 1 is 0.377 bits per heavy atom. The van der Waals surface area contributed by atoms with Gasteiger partial charge in [0.25, 0.3) is 11.4 Å². The van der Waals surface area contributed by atoms with Crippen molar-refractivity contribution in [2.45, 2.75) is 101 Å².